The van der Waals surface area contributed by atoms with Crippen LogP contribution in [0.2, 0.25) is 0 Å². The Morgan fingerprint density at radius 3 is 2.19 bits per heavy atom. The first-order chi connectivity index (χ1) is 9.70. The van der Waals surface area contributed by atoms with E-state index in [1.807, 2.05) is 0 Å². The van der Waals surface area contributed by atoms with E-state index in [0.29, 0.717) is 38.8 Å². The number of carboxylic acids is 1. The maximum Gasteiger partial charge on any atom is 0.471 e. The van der Waals surface area contributed by atoms with E-state index < -0.39 is 18.1 Å². The van der Waals surface area contributed by atoms with E-state index in [-0.39, 0.29) is 24.0 Å². The van der Waals surface area contributed by atoms with Gasteiger partial charge in [0.1, 0.15) is 0 Å². The van der Waals surface area contributed by atoms with Gasteiger partial charge in [-0.05, 0) is 31.1 Å². The molecule has 8 heteroatoms. The highest BCUT2D eigenvalue weighted by Crippen LogP contribution is 2.52. The lowest BCUT2D eigenvalue weighted by Gasteiger charge is -2.60. The molecule has 1 aliphatic heterocycles. The van der Waals surface area contributed by atoms with Crippen LogP contribution >= 0.6 is 0 Å². The molecule has 3 fully saturated rings. The predicted octanol–water partition coefficient (Wildman–Crippen LogP) is 1.09. The number of amides is 1. The van der Waals surface area contributed by atoms with Crippen molar-refractivity contribution in [3.05, 3.63) is 0 Å². The SMILES string of the molecule is O=C(O)CN1CC2(CC(N(C(=O)C(F)(F)F)C3CC3)C2)C1. The lowest BCUT2D eigenvalue weighted by Crippen LogP contribution is -2.68. The van der Waals surface area contributed by atoms with Crippen molar-refractivity contribution in [3.63, 3.8) is 0 Å². The van der Waals surface area contributed by atoms with Crippen LogP contribution in [0.4, 0.5) is 13.2 Å². The fourth-order valence-electron chi connectivity index (χ4n) is 3.73. The van der Waals surface area contributed by atoms with Crippen molar-refractivity contribution in [2.75, 3.05) is 19.6 Å². The molecule has 2 saturated carbocycles. The molecular formula is C13H17F3N2O3. The van der Waals surface area contributed by atoms with E-state index in [4.69, 9.17) is 5.11 Å². The molecule has 0 aromatic rings. The van der Waals surface area contributed by atoms with Gasteiger partial charge in [-0.3, -0.25) is 14.5 Å². The van der Waals surface area contributed by atoms with E-state index in [9.17, 15) is 22.8 Å². The van der Waals surface area contributed by atoms with Crippen LogP contribution in [0.1, 0.15) is 25.7 Å². The zero-order valence-corrected chi connectivity index (χ0v) is 11.4. The number of alkyl halides is 3. The van der Waals surface area contributed by atoms with Crippen molar-refractivity contribution >= 4 is 11.9 Å². The van der Waals surface area contributed by atoms with E-state index in [2.05, 4.69) is 0 Å². The van der Waals surface area contributed by atoms with Crippen LogP contribution in [-0.4, -0.2) is 64.7 Å². The summed E-state index contributed by atoms with van der Waals surface area (Å²) < 4.78 is 37.9. The Morgan fingerprint density at radius 1 is 1.19 bits per heavy atom. The highest BCUT2D eigenvalue weighted by atomic mass is 19.4. The molecule has 2 aliphatic carbocycles. The number of rotatable bonds is 4. The Kier molecular flexibility index (Phi) is 3.20. The molecule has 0 bridgehead atoms. The average Bonchev–Trinajstić information content (AvgIpc) is 3.04. The number of hydrogen-bond donors (Lipinski definition) is 1. The summed E-state index contributed by atoms with van der Waals surface area (Å²) in [5.41, 5.74) is -0.0703. The Balaban J connectivity index is 1.55. The molecule has 21 heavy (non-hydrogen) atoms. The standard InChI is InChI=1S/C13H17F3N2O3/c14-13(15,16)11(21)18(8-1-2-8)9-3-12(4-9)6-17(7-12)5-10(19)20/h8-9H,1-7H2,(H,19,20). The molecule has 1 spiro atoms. The predicted molar refractivity (Wildman–Crippen MR) is 65.5 cm³/mol. The summed E-state index contributed by atoms with van der Waals surface area (Å²) in [6.45, 7) is 1.18. The molecular weight excluding hydrogens is 289 g/mol. The quantitative estimate of drug-likeness (QED) is 0.844. The van der Waals surface area contributed by atoms with Gasteiger partial charge in [0.05, 0.1) is 6.54 Å². The Labute approximate surface area is 119 Å². The molecule has 1 heterocycles. The van der Waals surface area contributed by atoms with Crippen molar-refractivity contribution in [2.45, 2.75) is 43.9 Å². The van der Waals surface area contributed by atoms with Crippen LogP contribution in [0.15, 0.2) is 0 Å². The van der Waals surface area contributed by atoms with Gasteiger partial charge >= 0.3 is 18.1 Å². The summed E-state index contributed by atoms with van der Waals surface area (Å²) in [6, 6.07) is -0.588. The number of nitrogens with zero attached hydrogens (tertiary/aromatic N) is 2. The van der Waals surface area contributed by atoms with E-state index in [0.717, 1.165) is 4.90 Å². The number of likely N-dealkylation sites (tertiary alicyclic amines) is 1. The highest BCUT2D eigenvalue weighted by Gasteiger charge is 2.59. The topological polar surface area (TPSA) is 60.9 Å². The van der Waals surface area contributed by atoms with Gasteiger partial charge in [0.2, 0.25) is 0 Å². The van der Waals surface area contributed by atoms with Gasteiger partial charge in [-0.15, -0.1) is 0 Å². The van der Waals surface area contributed by atoms with Gasteiger partial charge < -0.3 is 10.0 Å². The molecule has 3 aliphatic rings. The van der Waals surface area contributed by atoms with Crippen molar-refractivity contribution < 1.29 is 27.9 Å². The molecule has 0 aromatic heterocycles. The van der Waals surface area contributed by atoms with Gasteiger partial charge in [0, 0.05) is 25.2 Å². The van der Waals surface area contributed by atoms with Crippen LogP contribution in [-0.2, 0) is 9.59 Å². The molecule has 0 unspecified atom stereocenters. The Morgan fingerprint density at radius 2 is 1.76 bits per heavy atom. The first-order valence-electron chi connectivity index (χ1n) is 7.04. The van der Waals surface area contributed by atoms with Crippen molar-refractivity contribution in [1.29, 1.82) is 0 Å². The summed E-state index contributed by atoms with van der Waals surface area (Å²) in [4.78, 5) is 24.9. The second-order valence-corrected chi connectivity index (χ2v) is 6.54. The third kappa shape index (κ3) is 2.73. The van der Waals surface area contributed by atoms with Gasteiger partial charge in [-0.1, -0.05) is 0 Å². The normalized spacial score (nSPS) is 25.3. The van der Waals surface area contributed by atoms with E-state index >= 15 is 0 Å². The minimum atomic E-state index is -4.81. The van der Waals surface area contributed by atoms with Gasteiger partial charge in [0.15, 0.2) is 0 Å². The fraction of sp³-hybridized carbons (Fsp3) is 0.846. The number of hydrogen-bond acceptors (Lipinski definition) is 3. The van der Waals surface area contributed by atoms with Gasteiger partial charge in [-0.2, -0.15) is 13.2 Å². The number of carbonyl (C=O) groups is 2. The smallest absolute Gasteiger partial charge is 0.471 e. The maximum atomic E-state index is 12.6. The van der Waals surface area contributed by atoms with Crippen LogP contribution in [0.25, 0.3) is 0 Å². The van der Waals surface area contributed by atoms with Gasteiger partial charge in [-0.25, -0.2) is 0 Å². The third-order valence-electron chi connectivity index (χ3n) is 4.62. The largest absolute Gasteiger partial charge is 0.480 e. The molecule has 1 amide bonds. The minimum absolute atomic E-state index is 0.0275. The van der Waals surface area contributed by atoms with Crippen LogP contribution in [0, 0.1) is 5.41 Å². The molecule has 1 saturated heterocycles. The number of carbonyl (C=O) groups excluding carboxylic acids is 1. The first kappa shape index (κ1) is 14.6. The highest BCUT2D eigenvalue weighted by molar-refractivity contribution is 5.83. The van der Waals surface area contributed by atoms with Crippen molar-refractivity contribution in [2.24, 2.45) is 5.41 Å². The molecule has 0 atom stereocenters. The second kappa shape index (κ2) is 4.59. The fourth-order valence-corrected chi connectivity index (χ4v) is 3.73. The summed E-state index contributed by atoms with van der Waals surface area (Å²) in [5, 5.41) is 8.67. The third-order valence-corrected chi connectivity index (χ3v) is 4.62. The molecule has 1 N–H and O–H groups in total. The summed E-state index contributed by atoms with van der Waals surface area (Å²) in [6.07, 6.45) is -2.39. The second-order valence-electron chi connectivity index (χ2n) is 6.54. The van der Waals surface area contributed by atoms with Crippen LogP contribution < -0.4 is 0 Å². The molecule has 3 rings (SSSR count). The van der Waals surface area contributed by atoms with E-state index in [1.54, 1.807) is 4.90 Å². The van der Waals surface area contributed by atoms with Crippen molar-refractivity contribution in [3.8, 4) is 0 Å². The summed E-state index contributed by atoms with van der Waals surface area (Å²) in [7, 11) is 0. The summed E-state index contributed by atoms with van der Waals surface area (Å²) >= 11 is 0. The lowest BCUT2D eigenvalue weighted by molar-refractivity contribution is -0.197. The van der Waals surface area contributed by atoms with Crippen LogP contribution in [0.5, 0.6) is 0 Å². The molecule has 118 valence electrons. The zero-order valence-electron chi connectivity index (χ0n) is 11.4. The van der Waals surface area contributed by atoms with Crippen molar-refractivity contribution in [1.82, 2.24) is 9.80 Å². The average molecular weight is 306 g/mol. The minimum Gasteiger partial charge on any atom is -0.480 e. The Bertz CT molecular complexity index is 462. The molecule has 0 aromatic carbocycles. The van der Waals surface area contributed by atoms with Crippen LogP contribution in [0.3, 0.4) is 0 Å². The monoisotopic (exact) mass is 306 g/mol. The molecule has 5 nitrogen and oxygen atoms in total. The number of halogens is 3. The van der Waals surface area contributed by atoms with E-state index in [1.165, 1.54) is 0 Å². The maximum absolute atomic E-state index is 12.6. The first-order valence-corrected chi connectivity index (χ1v) is 7.04. The van der Waals surface area contributed by atoms with Gasteiger partial charge in [0.25, 0.3) is 0 Å². The number of carboxylic acid groups (broad SMARTS) is 1. The molecule has 0 radical (unpaired) electrons. The lowest BCUT2D eigenvalue weighted by atomic mass is 9.60. The Hall–Kier alpha value is -1.31. The zero-order chi connectivity index (χ0) is 15.4. The summed E-state index contributed by atoms with van der Waals surface area (Å²) in [5.74, 6) is -2.61. The number of aliphatic carboxylic acids is 1.